The first-order valence-electron chi connectivity index (χ1n) is 6.17. The number of nitrogens with one attached hydrogen (secondary N) is 1. The topological polar surface area (TPSA) is 75.6 Å². The fraction of sp³-hybridized carbons (Fsp3) is 0.429. The molecule has 0 aliphatic rings. The Hall–Kier alpha value is -1.56. The number of ether oxygens (including phenoxy) is 1. The lowest BCUT2D eigenvalue weighted by atomic mass is 10.1. The van der Waals surface area contributed by atoms with Gasteiger partial charge >= 0.3 is 12.1 Å². The molecule has 1 aromatic carbocycles. The predicted octanol–water partition coefficient (Wildman–Crippen LogP) is 3.21. The molecule has 6 heteroatoms. The van der Waals surface area contributed by atoms with Gasteiger partial charge in [-0.15, -0.1) is 0 Å². The summed E-state index contributed by atoms with van der Waals surface area (Å²) in [6.07, 6.45) is 0.121. The van der Waals surface area contributed by atoms with Gasteiger partial charge in [-0.05, 0) is 44.9 Å². The number of rotatable bonds is 4. The number of amides is 1. The van der Waals surface area contributed by atoms with E-state index in [4.69, 9.17) is 9.84 Å². The summed E-state index contributed by atoms with van der Waals surface area (Å²) in [5.74, 6) is -0.968. The number of aromatic carboxylic acids is 1. The van der Waals surface area contributed by atoms with E-state index in [1.165, 1.54) is 6.07 Å². The fourth-order valence-corrected chi connectivity index (χ4v) is 2.07. The highest BCUT2D eigenvalue weighted by Crippen LogP contribution is 2.19. The van der Waals surface area contributed by atoms with E-state index < -0.39 is 17.7 Å². The van der Waals surface area contributed by atoms with Crippen LogP contribution < -0.4 is 5.32 Å². The summed E-state index contributed by atoms with van der Waals surface area (Å²) < 4.78 is 5.83. The maximum Gasteiger partial charge on any atom is 0.407 e. The van der Waals surface area contributed by atoms with E-state index in [-0.39, 0.29) is 5.56 Å². The molecular weight excluding hydrogens is 326 g/mol. The van der Waals surface area contributed by atoms with Crippen molar-refractivity contribution >= 4 is 28.0 Å². The van der Waals surface area contributed by atoms with Crippen molar-refractivity contribution < 1.29 is 19.4 Å². The fourth-order valence-electron chi connectivity index (χ4n) is 1.50. The van der Waals surface area contributed by atoms with Crippen LogP contribution in [0.4, 0.5) is 4.79 Å². The van der Waals surface area contributed by atoms with Gasteiger partial charge in [-0.1, -0.05) is 22.0 Å². The Morgan fingerprint density at radius 1 is 1.35 bits per heavy atom. The molecular formula is C14H18BrNO4. The average molecular weight is 344 g/mol. The highest BCUT2D eigenvalue weighted by Gasteiger charge is 2.15. The van der Waals surface area contributed by atoms with Crippen LogP contribution in [0.2, 0.25) is 0 Å². The number of carboxylic acids is 1. The van der Waals surface area contributed by atoms with Gasteiger partial charge in [0.05, 0.1) is 5.56 Å². The number of alkyl carbamates (subject to hydrolysis) is 1. The summed E-state index contributed by atoms with van der Waals surface area (Å²) >= 11 is 3.32. The van der Waals surface area contributed by atoms with Crippen LogP contribution in [0.5, 0.6) is 0 Å². The SMILES string of the molecule is CC(C)(C)OC(=O)NCCc1ccc(C(=O)O)cc1Br. The Bertz CT molecular complexity index is 508. The van der Waals surface area contributed by atoms with Crippen molar-refractivity contribution in [1.29, 1.82) is 0 Å². The van der Waals surface area contributed by atoms with Crippen LogP contribution in [-0.2, 0) is 11.2 Å². The van der Waals surface area contributed by atoms with Gasteiger partial charge in [0.25, 0.3) is 0 Å². The molecule has 0 fully saturated rings. The summed E-state index contributed by atoms with van der Waals surface area (Å²) in [5.41, 5.74) is 0.625. The van der Waals surface area contributed by atoms with Gasteiger partial charge in [0.15, 0.2) is 0 Å². The Morgan fingerprint density at radius 3 is 2.50 bits per heavy atom. The molecule has 0 saturated carbocycles. The van der Waals surface area contributed by atoms with E-state index in [1.54, 1.807) is 32.9 Å². The molecule has 1 rings (SSSR count). The lowest BCUT2D eigenvalue weighted by molar-refractivity contribution is 0.0528. The quantitative estimate of drug-likeness (QED) is 0.879. The molecule has 1 aromatic rings. The van der Waals surface area contributed by atoms with Crippen LogP contribution in [0, 0.1) is 0 Å². The minimum Gasteiger partial charge on any atom is -0.478 e. The van der Waals surface area contributed by atoms with Crippen LogP contribution in [-0.4, -0.2) is 29.3 Å². The Morgan fingerprint density at radius 2 is 2.00 bits per heavy atom. The molecule has 2 N–H and O–H groups in total. The third-order valence-corrected chi connectivity index (χ3v) is 3.10. The lowest BCUT2D eigenvalue weighted by Crippen LogP contribution is -2.33. The Kier molecular flexibility index (Phi) is 5.56. The smallest absolute Gasteiger partial charge is 0.407 e. The van der Waals surface area contributed by atoms with E-state index in [1.807, 2.05) is 0 Å². The van der Waals surface area contributed by atoms with Crippen LogP contribution >= 0.6 is 15.9 Å². The van der Waals surface area contributed by atoms with Gasteiger partial charge < -0.3 is 15.2 Å². The maximum atomic E-state index is 11.5. The number of hydrogen-bond donors (Lipinski definition) is 2. The van der Waals surface area contributed by atoms with Gasteiger partial charge in [-0.25, -0.2) is 9.59 Å². The van der Waals surface area contributed by atoms with Gasteiger partial charge in [-0.2, -0.15) is 0 Å². The average Bonchev–Trinajstić information content (AvgIpc) is 2.28. The molecule has 0 aliphatic carbocycles. The van der Waals surface area contributed by atoms with Crippen LogP contribution in [0.15, 0.2) is 22.7 Å². The second-order valence-corrected chi connectivity index (χ2v) is 6.14. The summed E-state index contributed by atoms with van der Waals surface area (Å²) in [6.45, 7) is 5.81. The van der Waals surface area contributed by atoms with Crippen molar-refractivity contribution in [1.82, 2.24) is 5.32 Å². The normalized spacial score (nSPS) is 11.0. The summed E-state index contributed by atoms with van der Waals surface area (Å²) in [6, 6.07) is 4.81. The molecule has 20 heavy (non-hydrogen) atoms. The van der Waals surface area contributed by atoms with E-state index in [0.717, 1.165) is 5.56 Å². The summed E-state index contributed by atoms with van der Waals surface area (Å²) in [5, 5.41) is 11.5. The van der Waals surface area contributed by atoms with Crippen molar-refractivity contribution in [3.63, 3.8) is 0 Å². The first-order chi connectivity index (χ1) is 9.19. The number of carbonyl (C=O) groups excluding carboxylic acids is 1. The number of halogens is 1. The van der Waals surface area contributed by atoms with Crippen LogP contribution in [0.25, 0.3) is 0 Å². The predicted molar refractivity (Wildman–Crippen MR) is 79.0 cm³/mol. The van der Waals surface area contributed by atoms with Crippen molar-refractivity contribution in [2.75, 3.05) is 6.54 Å². The van der Waals surface area contributed by atoms with Crippen LogP contribution in [0.1, 0.15) is 36.7 Å². The molecule has 0 unspecified atom stereocenters. The first kappa shape index (κ1) is 16.5. The van der Waals surface area contributed by atoms with Gasteiger partial charge in [0, 0.05) is 11.0 Å². The minimum absolute atomic E-state index is 0.223. The largest absolute Gasteiger partial charge is 0.478 e. The van der Waals surface area contributed by atoms with E-state index >= 15 is 0 Å². The maximum absolute atomic E-state index is 11.5. The van der Waals surface area contributed by atoms with Crippen molar-refractivity contribution in [3.8, 4) is 0 Å². The number of carboxylic acid groups (broad SMARTS) is 1. The molecule has 1 amide bonds. The molecule has 0 aromatic heterocycles. The van der Waals surface area contributed by atoms with E-state index in [9.17, 15) is 9.59 Å². The standard InChI is InChI=1S/C14H18BrNO4/c1-14(2,3)20-13(19)16-7-6-9-4-5-10(12(17)18)8-11(9)15/h4-5,8H,6-7H2,1-3H3,(H,16,19)(H,17,18). The van der Waals surface area contributed by atoms with Crippen LogP contribution in [0.3, 0.4) is 0 Å². The molecule has 0 heterocycles. The number of carbonyl (C=O) groups is 2. The zero-order valence-corrected chi connectivity index (χ0v) is 13.3. The second kappa shape index (κ2) is 6.74. The third-order valence-electron chi connectivity index (χ3n) is 2.36. The zero-order valence-electron chi connectivity index (χ0n) is 11.7. The minimum atomic E-state index is -0.968. The van der Waals surface area contributed by atoms with Gasteiger partial charge in [0.2, 0.25) is 0 Å². The summed E-state index contributed by atoms with van der Waals surface area (Å²) in [4.78, 5) is 22.3. The van der Waals surface area contributed by atoms with E-state index in [2.05, 4.69) is 21.2 Å². The Balaban J connectivity index is 2.51. The van der Waals surface area contributed by atoms with Crippen molar-refractivity contribution in [2.45, 2.75) is 32.8 Å². The highest BCUT2D eigenvalue weighted by molar-refractivity contribution is 9.10. The molecule has 110 valence electrons. The monoisotopic (exact) mass is 343 g/mol. The Labute approximate surface area is 126 Å². The zero-order chi connectivity index (χ0) is 15.3. The number of hydrogen-bond acceptors (Lipinski definition) is 3. The molecule has 0 radical (unpaired) electrons. The van der Waals surface area contributed by atoms with Gasteiger partial charge in [0.1, 0.15) is 5.60 Å². The highest BCUT2D eigenvalue weighted by atomic mass is 79.9. The molecule has 0 atom stereocenters. The molecule has 0 aliphatic heterocycles. The molecule has 5 nitrogen and oxygen atoms in total. The third kappa shape index (κ3) is 5.61. The van der Waals surface area contributed by atoms with Crippen molar-refractivity contribution in [2.24, 2.45) is 0 Å². The number of benzene rings is 1. The molecule has 0 spiro atoms. The first-order valence-corrected chi connectivity index (χ1v) is 6.97. The van der Waals surface area contributed by atoms with E-state index in [0.29, 0.717) is 17.4 Å². The lowest BCUT2D eigenvalue weighted by Gasteiger charge is -2.19. The van der Waals surface area contributed by atoms with Gasteiger partial charge in [-0.3, -0.25) is 0 Å². The molecule has 0 bridgehead atoms. The summed E-state index contributed by atoms with van der Waals surface area (Å²) in [7, 11) is 0. The second-order valence-electron chi connectivity index (χ2n) is 5.29. The van der Waals surface area contributed by atoms with Crippen molar-refractivity contribution in [3.05, 3.63) is 33.8 Å². The molecule has 0 saturated heterocycles.